The number of aromatic hydroxyl groups is 1. The van der Waals surface area contributed by atoms with E-state index in [2.05, 4.69) is 26.8 Å². The Labute approximate surface area is 134 Å². The van der Waals surface area contributed by atoms with Crippen LogP contribution < -0.4 is 0 Å². The van der Waals surface area contributed by atoms with E-state index in [4.69, 9.17) is 0 Å². The maximum absolute atomic E-state index is 10.4. The number of allylic oxidation sites excluding steroid dienone is 1. The second kappa shape index (κ2) is 7.32. The molecule has 0 heterocycles. The Morgan fingerprint density at radius 3 is 2.64 bits per heavy atom. The van der Waals surface area contributed by atoms with Crippen molar-refractivity contribution < 1.29 is 10.2 Å². The molecule has 0 bridgehead atoms. The molecule has 1 aliphatic carbocycles. The van der Waals surface area contributed by atoms with Crippen LogP contribution in [0.2, 0.25) is 0 Å². The maximum atomic E-state index is 10.4. The van der Waals surface area contributed by atoms with E-state index in [-0.39, 0.29) is 11.5 Å². The van der Waals surface area contributed by atoms with Gasteiger partial charge >= 0.3 is 0 Å². The van der Waals surface area contributed by atoms with E-state index in [0.717, 1.165) is 36.8 Å². The molecule has 2 rings (SSSR count). The van der Waals surface area contributed by atoms with Gasteiger partial charge in [-0.15, -0.1) is 0 Å². The normalized spacial score (nSPS) is 19.1. The third-order valence-electron chi connectivity index (χ3n) is 4.87. The van der Waals surface area contributed by atoms with E-state index in [1.165, 1.54) is 24.8 Å². The summed E-state index contributed by atoms with van der Waals surface area (Å²) in [5.41, 5.74) is 3.24. The minimum absolute atomic E-state index is 0.0889. The van der Waals surface area contributed by atoms with E-state index >= 15 is 0 Å². The number of aliphatic hydroxyl groups is 1. The summed E-state index contributed by atoms with van der Waals surface area (Å²) in [4.78, 5) is 0. The molecule has 1 aliphatic rings. The van der Waals surface area contributed by atoms with E-state index in [9.17, 15) is 10.2 Å². The number of aliphatic hydroxyl groups excluding tert-OH is 1. The van der Waals surface area contributed by atoms with Gasteiger partial charge in [-0.05, 0) is 48.3 Å². The number of rotatable bonds is 6. The van der Waals surface area contributed by atoms with Crippen molar-refractivity contribution in [3.63, 3.8) is 0 Å². The smallest absolute Gasteiger partial charge is 0.123 e. The fourth-order valence-corrected chi connectivity index (χ4v) is 3.31. The molecule has 1 atom stereocenters. The average Bonchev–Trinajstić information content (AvgIpc) is 2.47. The molecule has 0 aliphatic heterocycles. The van der Waals surface area contributed by atoms with Crippen LogP contribution in [0.15, 0.2) is 24.3 Å². The molecule has 22 heavy (non-hydrogen) atoms. The zero-order valence-corrected chi connectivity index (χ0v) is 14.2. The zero-order valence-electron chi connectivity index (χ0n) is 14.2. The van der Waals surface area contributed by atoms with Crippen molar-refractivity contribution in [3.8, 4) is 5.75 Å². The van der Waals surface area contributed by atoms with Crippen molar-refractivity contribution in [2.24, 2.45) is 0 Å². The number of phenols is 1. The molecule has 1 aromatic rings. The number of hydrogen-bond donors (Lipinski definition) is 2. The Morgan fingerprint density at radius 1 is 1.23 bits per heavy atom. The van der Waals surface area contributed by atoms with Gasteiger partial charge in [-0.2, -0.15) is 0 Å². The van der Waals surface area contributed by atoms with E-state index in [1.54, 1.807) is 0 Å². The largest absolute Gasteiger partial charge is 0.507 e. The third-order valence-corrected chi connectivity index (χ3v) is 4.87. The molecule has 0 saturated carbocycles. The third kappa shape index (κ3) is 4.13. The van der Waals surface area contributed by atoms with Crippen LogP contribution in [0, 0.1) is 0 Å². The predicted molar refractivity (Wildman–Crippen MR) is 93.1 cm³/mol. The van der Waals surface area contributed by atoms with Crippen molar-refractivity contribution in [1.29, 1.82) is 0 Å². The molecule has 0 aromatic heterocycles. The summed E-state index contributed by atoms with van der Waals surface area (Å²) in [5, 5.41) is 20.2. The highest BCUT2D eigenvalue weighted by Gasteiger charge is 2.22. The summed E-state index contributed by atoms with van der Waals surface area (Å²) in [5.74, 6) is 0.349. The van der Waals surface area contributed by atoms with E-state index in [0.29, 0.717) is 5.75 Å². The van der Waals surface area contributed by atoms with Crippen LogP contribution in [0.4, 0.5) is 0 Å². The van der Waals surface area contributed by atoms with Crippen LogP contribution in [0.1, 0.15) is 76.8 Å². The standard InChI is InChI=1S/C20H30O2/c1-4-5-6-12-20(2,3)16-10-11-18(19(22)14-16)15-8-7-9-17(21)13-15/h10-11,13-14,17,21-22H,4-9,12H2,1-3H3. The molecular weight excluding hydrogens is 272 g/mol. The number of phenolic OH excluding ortho intramolecular Hbond substituents is 1. The van der Waals surface area contributed by atoms with Crippen molar-refractivity contribution in [1.82, 2.24) is 0 Å². The Hall–Kier alpha value is -1.28. The van der Waals surface area contributed by atoms with Crippen LogP contribution in [0.25, 0.3) is 5.57 Å². The van der Waals surface area contributed by atoms with Gasteiger partial charge in [-0.1, -0.05) is 58.2 Å². The Bertz CT molecular complexity index is 529. The van der Waals surface area contributed by atoms with E-state index < -0.39 is 0 Å². The number of unbranched alkanes of at least 4 members (excludes halogenated alkanes) is 2. The van der Waals surface area contributed by atoms with Crippen LogP contribution in [0.3, 0.4) is 0 Å². The lowest BCUT2D eigenvalue weighted by Crippen LogP contribution is -2.17. The summed E-state index contributed by atoms with van der Waals surface area (Å²) < 4.78 is 0. The lowest BCUT2D eigenvalue weighted by atomic mass is 9.79. The van der Waals surface area contributed by atoms with Crippen molar-refractivity contribution in [2.75, 3.05) is 0 Å². The SMILES string of the molecule is CCCCCC(C)(C)c1ccc(C2=CC(O)CCC2)c(O)c1. The first kappa shape index (κ1) is 17.1. The van der Waals surface area contributed by atoms with Gasteiger partial charge < -0.3 is 10.2 Å². The molecule has 0 radical (unpaired) electrons. The van der Waals surface area contributed by atoms with Gasteiger partial charge in [-0.25, -0.2) is 0 Å². The number of hydrogen-bond acceptors (Lipinski definition) is 2. The quantitative estimate of drug-likeness (QED) is 0.711. The first-order chi connectivity index (χ1) is 10.4. The molecule has 0 spiro atoms. The molecule has 122 valence electrons. The summed E-state index contributed by atoms with van der Waals surface area (Å²) in [7, 11) is 0. The molecule has 0 saturated heterocycles. The van der Waals surface area contributed by atoms with Gasteiger partial charge in [0, 0.05) is 5.56 Å². The molecule has 1 aromatic carbocycles. The number of benzene rings is 1. The van der Waals surface area contributed by atoms with Crippen LogP contribution in [-0.2, 0) is 5.41 Å². The van der Waals surface area contributed by atoms with Crippen LogP contribution >= 0.6 is 0 Å². The monoisotopic (exact) mass is 302 g/mol. The molecule has 0 fully saturated rings. The topological polar surface area (TPSA) is 40.5 Å². The second-order valence-electron chi connectivity index (χ2n) is 7.22. The van der Waals surface area contributed by atoms with Crippen LogP contribution in [-0.4, -0.2) is 16.3 Å². The Morgan fingerprint density at radius 2 is 2.00 bits per heavy atom. The Kier molecular flexibility index (Phi) is 5.69. The van der Waals surface area contributed by atoms with Gasteiger partial charge in [0.1, 0.15) is 5.75 Å². The molecule has 1 unspecified atom stereocenters. The van der Waals surface area contributed by atoms with Gasteiger partial charge in [0.15, 0.2) is 0 Å². The summed E-state index contributed by atoms with van der Waals surface area (Å²) in [6.07, 6.45) is 9.13. The highest BCUT2D eigenvalue weighted by Crippen LogP contribution is 2.37. The summed E-state index contributed by atoms with van der Waals surface area (Å²) in [6.45, 7) is 6.72. The molecular formula is C20H30O2. The predicted octanol–water partition coefficient (Wildman–Crippen LogP) is 5.18. The van der Waals surface area contributed by atoms with Gasteiger partial charge in [0.25, 0.3) is 0 Å². The van der Waals surface area contributed by atoms with Gasteiger partial charge in [-0.3, -0.25) is 0 Å². The van der Waals surface area contributed by atoms with Crippen molar-refractivity contribution in [3.05, 3.63) is 35.4 Å². The fraction of sp³-hybridized carbons (Fsp3) is 0.600. The van der Waals surface area contributed by atoms with Crippen molar-refractivity contribution >= 4 is 5.57 Å². The zero-order chi connectivity index (χ0) is 16.2. The van der Waals surface area contributed by atoms with Crippen LogP contribution in [0.5, 0.6) is 5.75 Å². The average molecular weight is 302 g/mol. The molecule has 2 N–H and O–H groups in total. The van der Waals surface area contributed by atoms with Gasteiger partial charge in [0.05, 0.1) is 6.10 Å². The molecule has 2 heteroatoms. The van der Waals surface area contributed by atoms with Crippen molar-refractivity contribution in [2.45, 2.75) is 77.2 Å². The minimum atomic E-state index is -0.367. The highest BCUT2D eigenvalue weighted by molar-refractivity contribution is 5.71. The second-order valence-corrected chi connectivity index (χ2v) is 7.22. The Balaban J connectivity index is 2.19. The van der Waals surface area contributed by atoms with Gasteiger partial charge in [0.2, 0.25) is 0 Å². The molecule has 0 amide bonds. The molecule has 2 nitrogen and oxygen atoms in total. The lowest BCUT2D eigenvalue weighted by Gasteiger charge is -2.26. The fourth-order valence-electron chi connectivity index (χ4n) is 3.31. The first-order valence-electron chi connectivity index (χ1n) is 8.66. The maximum Gasteiger partial charge on any atom is 0.123 e. The summed E-state index contributed by atoms with van der Waals surface area (Å²) >= 11 is 0. The minimum Gasteiger partial charge on any atom is -0.507 e. The first-order valence-corrected chi connectivity index (χ1v) is 8.66. The lowest BCUT2D eigenvalue weighted by molar-refractivity contribution is 0.206. The van der Waals surface area contributed by atoms with E-state index in [1.807, 2.05) is 18.2 Å². The highest BCUT2D eigenvalue weighted by atomic mass is 16.3. The summed E-state index contributed by atoms with van der Waals surface area (Å²) in [6, 6.07) is 6.09.